The lowest BCUT2D eigenvalue weighted by Gasteiger charge is -2.26. The lowest BCUT2D eigenvalue weighted by Crippen LogP contribution is -2.35. The van der Waals surface area contributed by atoms with Crippen molar-refractivity contribution < 1.29 is 13.2 Å². The third kappa shape index (κ3) is 4.86. The first-order chi connectivity index (χ1) is 15.4. The van der Waals surface area contributed by atoms with Gasteiger partial charge in [0, 0.05) is 25.2 Å². The first kappa shape index (κ1) is 22.1. The Kier molecular flexibility index (Phi) is 6.61. The summed E-state index contributed by atoms with van der Waals surface area (Å²) in [7, 11) is -3.60. The van der Waals surface area contributed by atoms with E-state index in [0.717, 1.165) is 30.4 Å². The molecule has 2 heterocycles. The monoisotopic (exact) mass is 454 g/mol. The number of hydrogen-bond donors (Lipinski definition) is 1. The summed E-state index contributed by atoms with van der Waals surface area (Å²) in [4.78, 5) is 13.4. The van der Waals surface area contributed by atoms with E-state index >= 15 is 0 Å². The van der Waals surface area contributed by atoms with E-state index in [4.69, 9.17) is 0 Å². The molecule has 2 aromatic carbocycles. The first-order valence-electron chi connectivity index (χ1n) is 10.6. The summed E-state index contributed by atoms with van der Waals surface area (Å²) >= 11 is 0. The average molecular weight is 455 g/mol. The predicted octanol–water partition coefficient (Wildman–Crippen LogP) is 2.58. The predicted molar refractivity (Wildman–Crippen MR) is 119 cm³/mol. The molecule has 1 atom stereocenters. The molecule has 0 spiro atoms. The number of hydrogen-bond acceptors (Lipinski definition) is 6. The molecule has 0 radical (unpaired) electrons. The summed E-state index contributed by atoms with van der Waals surface area (Å²) in [5.41, 5.74) is 2.19. The molecule has 1 saturated heterocycles. The molecule has 0 bridgehead atoms. The van der Waals surface area contributed by atoms with Crippen LogP contribution in [0.3, 0.4) is 0 Å². The third-order valence-electron chi connectivity index (χ3n) is 5.68. The van der Waals surface area contributed by atoms with E-state index < -0.39 is 16.1 Å². The van der Waals surface area contributed by atoms with Gasteiger partial charge in [0.15, 0.2) is 0 Å². The maximum atomic E-state index is 13.2. The molecule has 168 valence electrons. The molecule has 1 unspecified atom stereocenters. The highest BCUT2D eigenvalue weighted by atomic mass is 32.2. The van der Waals surface area contributed by atoms with Crippen LogP contribution < -0.4 is 5.32 Å². The molecule has 3 aromatic rings. The number of aromatic nitrogens is 4. The average Bonchev–Trinajstić information content (AvgIpc) is 3.34. The number of sulfonamides is 1. The zero-order valence-corrected chi connectivity index (χ0v) is 18.7. The van der Waals surface area contributed by atoms with Gasteiger partial charge in [-0.15, -0.1) is 5.10 Å². The van der Waals surface area contributed by atoms with Crippen LogP contribution in [0.15, 0.2) is 59.8 Å². The number of amides is 1. The Hall–Kier alpha value is -3.11. The zero-order chi connectivity index (χ0) is 22.6. The van der Waals surface area contributed by atoms with Crippen LogP contribution >= 0.6 is 0 Å². The molecule has 10 heteroatoms. The van der Waals surface area contributed by atoms with E-state index in [1.165, 1.54) is 21.4 Å². The molecule has 1 N–H and O–H groups in total. The van der Waals surface area contributed by atoms with Crippen LogP contribution in [0.2, 0.25) is 0 Å². The van der Waals surface area contributed by atoms with E-state index in [-0.39, 0.29) is 10.8 Å². The molecule has 4 rings (SSSR count). The van der Waals surface area contributed by atoms with Crippen molar-refractivity contribution >= 4 is 21.6 Å². The SMILES string of the molecule is Cc1ccc(S(=O)(=O)N2CCCCC2)cc1NC(=O)C(Cc1ccccc1)n1cnnn1. The van der Waals surface area contributed by atoms with Crippen LogP contribution in [0.25, 0.3) is 0 Å². The first-order valence-corrected chi connectivity index (χ1v) is 12.1. The Bertz CT molecular complexity index is 1160. The molecule has 32 heavy (non-hydrogen) atoms. The van der Waals surface area contributed by atoms with Crippen LogP contribution in [-0.2, 0) is 21.2 Å². The Labute approximate surface area is 187 Å². The number of piperidine rings is 1. The van der Waals surface area contributed by atoms with Gasteiger partial charge in [-0.2, -0.15) is 4.31 Å². The zero-order valence-electron chi connectivity index (χ0n) is 17.9. The molecule has 0 saturated carbocycles. The van der Waals surface area contributed by atoms with Crippen LogP contribution in [0.4, 0.5) is 5.69 Å². The molecular formula is C22H26N6O3S. The maximum absolute atomic E-state index is 13.2. The number of carbonyl (C=O) groups excluding carboxylic acids is 1. The Morgan fingerprint density at radius 1 is 1.09 bits per heavy atom. The van der Waals surface area contributed by atoms with Gasteiger partial charge in [0.25, 0.3) is 0 Å². The maximum Gasteiger partial charge on any atom is 0.249 e. The Morgan fingerprint density at radius 3 is 2.53 bits per heavy atom. The number of aryl methyl sites for hydroxylation is 1. The minimum atomic E-state index is -3.60. The largest absolute Gasteiger partial charge is 0.324 e. The lowest BCUT2D eigenvalue weighted by atomic mass is 10.1. The summed E-state index contributed by atoms with van der Waals surface area (Å²) in [6.07, 6.45) is 4.56. The second-order valence-electron chi connectivity index (χ2n) is 7.93. The highest BCUT2D eigenvalue weighted by molar-refractivity contribution is 7.89. The summed E-state index contributed by atoms with van der Waals surface area (Å²) < 4.78 is 29.1. The fourth-order valence-corrected chi connectivity index (χ4v) is 5.37. The van der Waals surface area contributed by atoms with Gasteiger partial charge in [-0.05, 0) is 53.5 Å². The van der Waals surface area contributed by atoms with Crippen molar-refractivity contribution in [2.75, 3.05) is 18.4 Å². The van der Waals surface area contributed by atoms with E-state index in [0.29, 0.717) is 25.2 Å². The van der Waals surface area contributed by atoms with Crippen LogP contribution in [-0.4, -0.2) is 51.9 Å². The van der Waals surface area contributed by atoms with Gasteiger partial charge in [-0.25, -0.2) is 13.1 Å². The van der Waals surface area contributed by atoms with E-state index in [1.54, 1.807) is 12.1 Å². The number of anilines is 1. The van der Waals surface area contributed by atoms with Crippen LogP contribution in [0.5, 0.6) is 0 Å². The van der Waals surface area contributed by atoms with E-state index in [2.05, 4.69) is 20.8 Å². The van der Waals surface area contributed by atoms with E-state index in [9.17, 15) is 13.2 Å². The lowest BCUT2D eigenvalue weighted by molar-refractivity contribution is -0.119. The molecule has 1 aromatic heterocycles. The second-order valence-corrected chi connectivity index (χ2v) is 9.86. The van der Waals surface area contributed by atoms with Gasteiger partial charge in [-0.1, -0.05) is 42.8 Å². The fraction of sp³-hybridized carbons (Fsp3) is 0.364. The minimum absolute atomic E-state index is 0.183. The molecule has 1 aliphatic heterocycles. The number of nitrogens with one attached hydrogen (secondary N) is 1. The molecular weight excluding hydrogens is 428 g/mol. The topological polar surface area (TPSA) is 110 Å². The Balaban J connectivity index is 1.59. The summed E-state index contributed by atoms with van der Waals surface area (Å²) in [6.45, 7) is 2.88. The normalized spacial score (nSPS) is 15.9. The fourth-order valence-electron chi connectivity index (χ4n) is 3.82. The summed E-state index contributed by atoms with van der Waals surface area (Å²) in [5, 5.41) is 14.1. The molecule has 1 aliphatic rings. The van der Waals surface area contributed by atoms with Gasteiger partial charge in [0.1, 0.15) is 12.4 Å². The minimum Gasteiger partial charge on any atom is -0.324 e. The van der Waals surface area contributed by atoms with Crippen LogP contribution in [0, 0.1) is 6.92 Å². The van der Waals surface area contributed by atoms with Crippen molar-refractivity contribution in [3.05, 3.63) is 66.0 Å². The highest BCUT2D eigenvalue weighted by Crippen LogP contribution is 2.26. The quantitative estimate of drug-likeness (QED) is 0.588. The van der Waals surface area contributed by atoms with Crippen molar-refractivity contribution in [3.63, 3.8) is 0 Å². The van der Waals surface area contributed by atoms with Crippen molar-refractivity contribution in [2.24, 2.45) is 0 Å². The smallest absolute Gasteiger partial charge is 0.249 e. The molecule has 1 amide bonds. The van der Waals surface area contributed by atoms with Gasteiger partial charge in [0.05, 0.1) is 4.90 Å². The van der Waals surface area contributed by atoms with Gasteiger partial charge in [0.2, 0.25) is 15.9 Å². The highest BCUT2D eigenvalue weighted by Gasteiger charge is 2.27. The number of carbonyl (C=O) groups is 1. The Morgan fingerprint density at radius 2 is 1.84 bits per heavy atom. The third-order valence-corrected chi connectivity index (χ3v) is 7.57. The molecule has 1 fully saturated rings. The van der Waals surface area contributed by atoms with Crippen molar-refractivity contribution in [1.82, 2.24) is 24.5 Å². The molecule has 0 aliphatic carbocycles. The standard InChI is InChI=1S/C22H26N6O3S/c1-17-10-11-19(32(30,31)27-12-6-3-7-13-27)15-20(17)24-22(29)21(28-16-23-25-26-28)14-18-8-4-2-5-9-18/h2,4-5,8-11,15-16,21H,3,6-7,12-14H2,1H3,(H,24,29). The number of rotatable bonds is 7. The van der Waals surface area contributed by atoms with Gasteiger partial charge < -0.3 is 5.32 Å². The second kappa shape index (κ2) is 9.58. The van der Waals surface area contributed by atoms with Gasteiger partial charge >= 0.3 is 0 Å². The molecule has 9 nitrogen and oxygen atoms in total. The summed E-state index contributed by atoms with van der Waals surface area (Å²) in [5.74, 6) is -0.322. The van der Waals surface area contributed by atoms with Crippen molar-refractivity contribution in [2.45, 2.75) is 43.5 Å². The van der Waals surface area contributed by atoms with Gasteiger partial charge in [-0.3, -0.25) is 4.79 Å². The van der Waals surface area contributed by atoms with Crippen LogP contribution in [0.1, 0.15) is 36.4 Å². The number of tetrazole rings is 1. The number of benzene rings is 2. The van der Waals surface area contributed by atoms with Crippen molar-refractivity contribution in [3.8, 4) is 0 Å². The number of nitrogens with zero attached hydrogens (tertiary/aromatic N) is 5. The summed E-state index contributed by atoms with van der Waals surface area (Å²) in [6, 6.07) is 13.8. The van der Waals surface area contributed by atoms with E-state index in [1.807, 2.05) is 37.3 Å². The van der Waals surface area contributed by atoms with Crippen molar-refractivity contribution in [1.29, 1.82) is 0 Å².